The van der Waals surface area contributed by atoms with E-state index < -0.39 is 11.8 Å². The minimum atomic E-state index is -0.478. The number of nitrogens with one attached hydrogen (secondary N) is 2. The van der Waals surface area contributed by atoms with Crippen molar-refractivity contribution in [3.63, 3.8) is 0 Å². The molecule has 3 bridgehead atoms. The fourth-order valence-electron chi connectivity index (χ4n) is 6.59. The normalized spacial score (nSPS) is 28.4. The third kappa shape index (κ3) is 3.98. The van der Waals surface area contributed by atoms with E-state index in [1.54, 1.807) is 28.8 Å². The number of nitrogens with two attached hydrogens (primary N) is 1. The second kappa shape index (κ2) is 8.22. The lowest BCUT2D eigenvalue weighted by molar-refractivity contribution is -0.117. The first-order valence-corrected chi connectivity index (χ1v) is 11.8. The van der Waals surface area contributed by atoms with Crippen LogP contribution in [0.3, 0.4) is 0 Å². The minimum Gasteiger partial charge on any atom is -0.370 e. The topological polar surface area (TPSA) is 119 Å². The molecule has 0 radical (unpaired) electrons. The third-order valence-electron chi connectivity index (χ3n) is 7.84. The van der Waals surface area contributed by atoms with E-state index in [1.807, 2.05) is 0 Å². The van der Waals surface area contributed by atoms with Crippen molar-refractivity contribution in [1.29, 1.82) is 0 Å². The SMILES string of the molecule is NC(=O)CCNC(=O)c1cn2c(C(=O)NCC34CC5CCCC(C3)C(C5)C4)cccc2n1. The van der Waals surface area contributed by atoms with Crippen LogP contribution in [0.25, 0.3) is 5.65 Å². The van der Waals surface area contributed by atoms with Crippen LogP contribution in [0.2, 0.25) is 0 Å². The van der Waals surface area contributed by atoms with Crippen molar-refractivity contribution in [2.75, 3.05) is 13.1 Å². The molecule has 3 aliphatic carbocycles. The van der Waals surface area contributed by atoms with Gasteiger partial charge in [0, 0.05) is 25.7 Å². The molecule has 170 valence electrons. The first-order chi connectivity index (χ1) is 15.4. The summed E-state index contributed by atoms with van der Waals surface area (Å²) in [6, 6.07) is 5.30. The molecule has 3 fully saturated rings. The van der Waals surface area contributed by atoms with E-state index in [1.165, 1.54) is 44.9 Å². The van der Waals surface area contributed by atoms with E-state index in [2.05, 4.69) is 15.6 Å². The predicted molar refractivity (Wildman–Crippen MR) is 119 cm³/mol. The summed E-state index contributed by atoms with van der Waals surface area (Å²) in [5, 5.41) is 5.84. The van der Waals surface area contributed by atoms with E-state index in [-0.39, 0.29) is 30.0 Å². The maximum absolute atomic E-state index is 13.1. The van der Waals surface area contributed by atoms with Crippen LogP contribution in [0, 0.1) is 23.2 Å². The van der Waals surface area contributed by atoms with Gasteiger partial charge in [-0.2, -0.15) is 0 Å². The predicted octanol–water partition coefficient (Wildman–Crippen LogP) is 2.28. The summed E-state index contributed by atoms with van der Waals surface area (Å²) in [6.45, 7) is 0.876. The van der Waals surface area contributed by atoms with Gasteiger partial charge in [0.15, 0.2) is 0 Å². The Morgan fingerprint density at radius 1 is 1.09 bits per heavy atom. The molecule has 0 aliphatic heterocycles. The molecule has 3 saturated carbocycles. The molecule has 5 rings (SSSR count). The number of aromatic nitrogens is 2. The first kappa shape index (κ1) is 21.0. The van der Waals surface area contributed by atoms with E-state index in [4.69, 9.17) is 5.73 Å². The Morgan fingerprint density at radius 2 is 1.94 bits per heavy atom. The molecule has 4 N–H and O–H groups in total. The van der Waals surface area contributed by atoms with Crippen LogP contribution in [-0.4, -0.2) is 40.2 Å². The second-order valence-electron chi connectivity index (χ2n) is 10.1. The van der Waals surface area contributed by atoms with Crippen molar-refractivity contribution in [1.82, 2.24) is 20.0 Å². The van der Waals surface area contributed by atoms with Crippen LogP contribution in [0.15, 0.2) is 24.4 Å². The van der Waals surface area contributed by atoms with E-state index >= 15 is 0 Å². The van der Waals surface area contributed by atoms with Gasteiger partial charge in [-0.15, -0.1) is 0 Å². The van der Waals surface area contributed by atoms with Crippen LogP contribution in [0.5, 0.6) is 0 Å². The Hall–Kier alpha value is -2.90. The minimum absolute atomic E-state index is 0.0666. The lowest BCUT2D eigenvalue weighted by Gasteiger charge is -2.38. The largest absolute Gasteiger partial charge is 0.370 e. The van der Waals surface area contributed by atoms with Gasteiger partial charge in [-0.05, 0) is 61.0 Å². The quantitative estimate of drug-likeness (QED) is 0.616. The van der Waals surface area contributed by atoms with Crippen LogP contribution in [0.1, 0.15) is 72.3 Å². The van der Waals surface area contributed by atoms with Gasteiger partial charge in [-0.25, -0.2) is 4.98 Å². The summed E-state index contributed by atoms with van der Waals surface area (Å²) in [5.74, 6) is 1.50. The van der Waals surface area contributed by atoms with Crippen LogP contribution < -0.4 is 16.4 Å². The molecular weight excluding hydrogens is 406 g/mol. The number of pyridine rings is 1. The molecule has 0 spiro atoms. The summed E-state index contributed by atoms with van der Waals surface area (Å²) in [4.78, 5) is 40.7. The molecular formula is C24H31N5O3. The number of nitrogens with zero attached hydrogens (tertiary/aromatic N) is 2. The number of hydrogen-bond donors (Lipinski definition) is 3. The van der Waals surface area contributed by atoms with Gasteiger partial charge in [0.25, 0.3) is 11.8 Å². The summed E-state index contributed by atoms with van der Waals surface area (Å²) in [5.41, 5.74) is 6.56. The molecule has 32 heavy (non-hydrogen) atoms. The smallest absolute Gasteiger partial charge is 0.271 e. The summed E-state index contributed by atoms with van der Waals surface area (Å²) >= 11 is 0. The number of carbonyl (C=O) groups excluding carboxylic acids is 3. The van der Waals surface area contributed by atoms with Crippen molar-refractivity contribution in [3.8, 4) is 0 Å². The van der Waals surface area contributed by atoms with Gasteiger partial charge in [-0.3, -0.25) is 18.8 Å². The number of carbonyl (C=O) groups is 3. The van der Waals surface area contributed by atoms with Gasteiger partial charge in [-0.1, -0.05) is 25.3 Å². The molecule has 4 unspecified atom stereocenters. The summed E-state index contributed by atoms with van der Waals surface area (Å²) in [7, 11) is 0. The van der Waals surface area contributed by atoms with Crippen LogP contribution >= 0.6 is 0 Å². The summed E-state index contributed by atoms with van der Waals surface area (Å²) in [6.07, 6.45) is 10.8. The Kier molecular flexibility index (Phi) is 5.39. The molecule has 2 aromatic rings. The molecule has 2 aromatic heterocycles. The van der Waals surface area contributed by atoms with Crippen molar-refractivity contribution in [3.05, 3.63) is 35.8 Å². The van der Waals surface area contributed by atoms with Gasteiger partial charge in [0.2, 0.25) is 5.91 Å². The highest BCUT2D eigenvalue weighted by Gasteiger charge is 2.51. The highest BCUT2D eigenvalue weighted by atomic mass is 16.2. The van der Waals surface area contributed by atoms with E-state index in [9.17, 15) is 14.4 Å². The average molecular weight is 438 g/mol. The fraction of sp³-hybridized carbons (Fsp3) is 0.583. The molecule has 3 aliphatic rings. The number of imidazole rings is 1. The molecule has 0 saturated heterocycles. The first-order valence-electron chi connectivity index (χ1n) is 11.8. The van der Waals surface area contributed by atoms with Crippen LogP contribution in [0.4, 0.5) is 0 Å². The number of fused-ring (bicyclic) bond motifs is 3. The maximum atomic E-state index is 13.1. The number of hydrogen-bond acceptors (Lipinski definition) is 4. The van der Waals surface area contributed by atoms with Gasteiger partial charge in [0.1, 0.15) is 17.0 Å². The van der Waals surface area contributed by atoms with E-state index in [0.29, 0.717) is 11.3 Å². The zero-order chi connectivity index (χ0) is 22.3. The fourth-order valence-corrected chi connectivity index (χ4v) is 6.59. The molecule has 8 heteroatoms. The number of rotatable bonds is 7. The third-order valence-corrected chi connectivity index (χ3v) is 7.84. The Balaban J connectivity index is 1.28. The standard InChI is InChI=1S/C24H31N5O3/c25-20(30)7-8-26-22(31)18-13-29-19(5-2-6-21(29)28-18)23(32)27-14-24-10-15-3-1-4-16(11-24)17(9-15)12-24/h2,5-6,13,15-17H,1,3-4,7-12,14H2,(H2,25,30)(H,26,31)(H,27,32). The van der Waals surface area contributed by atoms with Gasteiger partial charge < -0.3 is 16.4 Å². The highest BCUT2D eigenvalue weighted by molar-refractivity contribution is 5.95. The van der Waals surface area contributed by atoms with Crippen molar-refractivity contribution < 1.29 is 14.4 Å². The summed E-state index contributed by atoms with van der Waals surface area (Å²) < 4.78 is 1.66. The van der Waals surface area contributed by atoms with Crippen molar-refractivity contribution in [2.24, 2.45) is 28.9 Å². The lowest BCUT2D eigenvalue weighted by atomic mass is 9.69. The zero-order valence-corrected chi connectivity index (χ0v) is 18.3. The zero-order valence-electron chi connectivity index (χ0n) is 18.3. The highest BCUT2D eigenvalue weighted by Crippen LogP contribution is 2.59. The second-order valence-corrected chi connectivity index (χ2v) is 10.1. The van der Waals surface area contributed by atoms with E-state index in [0.717, 1.165) is 24.3 Å². The monoisotopic (exact) mass is 437 g/mol. The van der Waals surface area contributed by atoms with Crippen LogP contribution in [-0.2, 0) is 4.79 Å². The Bertz CT molecular complexity index is 1060. The molecule has 8 nitrogen and oxygen atoms in total. The number of primary amides is 1. The maximum Gasteiger partial charge on any atom is 0.271 e. The Morgan fingerprint density at radius 3 is 2.78 bits per heavy atom. The molecule has 4 atom stereocenters. The lowest BCUT2D eigenvalue weighted by Crippen LogP contribution is -2.39. The van der Waals surface area contributed by atoms with Gasteiger partial charge >= 0.3 is 0 Å². The molecule has 2 heterocycles. The number of amides is 3. The average Bonchev–Trinajstić information content (AvgIpc) is 3.26. The van der Waals surface area contributed by atoms with Crippen molar-refractivity contribution >= 4 is 23.4 Å². The molecule has 0 aromatic carbocycles. The molecule has 3 amide bonds. The van der Waals surface area contributed by atoms with Gasteiger partial charge in [0.05, 0.1) is 0 Å². The Labute approximate surface area is 187 Å². The van der Waals surface area contributed by atoms with Crippen molar-refractivity contribution in [2.45, 2.75) is 51.4 Å².